The molecule has 1 N–H and O–H groups in total. The molecule has 0 unspecified atom stereocenters. The fourth-order valence-electron chi connectivity index (χ4n) is 2.43. The van der Waals surface area contributed by atoms with Gasteiger partial charge in [-0.2, -0.15) is 10.2 Å². The molecular weight excluding hydrogens is 310 g/mol. The molecule has 6 heteroatoms. The molecule has 0 aliphatic carbocycles. The zero-order valence-electron chi connectivity index (χ0n) is 13.1. The monoisotopic (exact) mass is 329 g/mol. The maximum Gasteiger partial charge on any atom is 0.0674 e. The first kappa shape index (κ1) is 15.8. The van der Waals surface area contributed by atoms with Gasteiger partial charge in [0.15, 0.2) is 0 Å². The first-order chi connectivity index (χ1) is 11.2. The smallest absolute Gasteiger partial charge is 0.0674 e. The second-order valence-electron chi connectivity index (χ2n) is 5.65. The predicted molar refractivity (Wildman–Crippen MR) is 91.3 cm³/mol. The number of halogens is 1. The van der Waals surface area contributed by atoms with E-state index in [9.17, 15) is 0 Å². The van der Waals surface area contributed by atoms with Gasteiger partial charge in [-0.25, -0.2) is 0 Å². The Morgan fingerprint density at radius 1 is 1.17 bits per heavy atom. The van der Waals surface area contributed by atoms with Crippen molar-refractivity contribution in [2.75, 3.05) is 0 Å². The largest absolute Gasteiger partial charge is 0.308 e. The van der Waals surface area contributed by atoms with E-state index in [-0.39, 0.29) is 0 Å². The molecule has 1 atom stereocenters. The van der Waals surface area contributed by atoms with Crippen molar-refractivity contribution in [2.45, 2.75) is 32.6 Å². The number of aromatic nitrogens is 4. The van der Waals surface area contributed by atoms with Crippen molar-refractivity contribution < 1.29 is 0 Å². The zero-order valence-corrected chi connectivity index (χ0v) is 13.8. The lowest BCUT2D eigenvalue weighted by molar-refractivity contribution is 0.450. The third-order valence-electron chi connectivity index (χ3n) is 3.65. The lowest BCUT2D eigenvalue weighted by Crippen LogP contribution is -2.30. The summed E-state index contributed by atoms with van der Waals surface area (Å²) in [6.45, 7) is 4.46. The van der Waals surface area contributed by atoms with Crippen LogP contribution in [0.15, 0.2) is 55.1 Å². The first-order valence-electron chi connectivity index (χ1n) is 7.66. The summed E-state index contributed by atoms with van der Waals surface area (Å²) in [5.41, 5.74) is 2.23. The van der Waals surface area contributed by atoms with E-state index in [0.29, 0.717) is 12.6 Å². The molecule has 0 saturated carbocycles. The van der Waals surface area contributed by atoms with Crippen LogP contribution in [0.4, 0.5) is 0 Å². The Labute approximate surface area is 140 Å². The van der Waals surface area contributed by atoms with Crippen LogP contribution >= 0.6 is 11.6 Å². The minimum Gasteiger partial charge on any atom is -0.308 e. The van der Waals surface area contributed by atoms with Crippen LogP contribution in [-0.2, 0) is 19.6 Å². The average Bonchev–Trinajstić information content (AvgIpc) is 3.19. The van der Waals surface area contributed by atoms with Gasteiger partial charge in [0.1, 0.15) is 0 Å². The van der Waals surface area contributed by atoms with Crippen LogP contribution in [0.3, 0.4) is 0 Å². The van der Waals surface area contributed by atoms with Crippen LogP contribution in [0.2, 0.25) is 5.02 Å². The Kier molecular flexibility index (Phi) is 5.10. The molecule has 0 saturated heterocycles. The van der Waals surface area contributed by atoms with Crippen molar-refractivity contribution >= 4 is 11.6 Å². The SMILES string of the molecule is C[C@H](Cn1cccn1)NCc1cnn(Cc2ccccc2Cl)c1. The molecule has 0 radical (unpaired) electrons. The molecule has 1 aromatic carbocycles. The number of nitrogens with zero attached hydrogens (tertiary/aromatic N) is 4. The van der Waals surface area contributed by atoms with E-state index in [0.717, 1.165) is 29.2 Å². The first-order valence-corrected chi connectivity index (χ1v) is 8.04. The van der Waals surface area contributed by atoms with E-state index >= 15 is 0 Å². The minimum atomic E-state index is 0.335. The highest BCUT2D eigenvalue weighted by Crippen LogP contribution is 2.16. The fourth-order valence-corrected chi connectivity index (χ4v) is 2.63. The Morgan fingerprint density at radius 2 is 2.04 bits per heavy atom. The molecule has 0 amide bonds. The van der Waals surface area contributed by atoms with E-state index in [1.807, 2.05) is 52.1 Å². The molecule has 2 aromatic heterocycles. The summed E-state index contributed by atoms with van der Waals surface area (Å²) in [4.78, 5) is 0. The molecular formula is C17H20ClN5. The second-order valence-corrected chi connectivity index (χ2v) is 6.05. The molecule has 120 valence electrons. The second kappa shape index (κ2) is 7.44. The summed E-state index contributed by atoms with van der Waals surface area (Å²) in [7, 11) is 0. The number of hydrogen-bond acceptors (Lipinski definition) is 3. The van der Waals surface area contributed by atoms with Crippen molar-refractivity contribution in [3.8, 4) is 0 Å². The van der Waals surface area contributed by atoms with Crippen LogP contribution in [0.1, 0.15) is 18.1 Å². The van der Waals surface area contributed by atoms with Crippen molar-refractivity contribution in [1.29, 1.82) is 0 Å². The van der Waals surface area contributed by atoms with Crippen LogP contribution < -0.4 is 5.32 Å². The van der Waals surface area contributed by atoms with Gasteiger partial charge in [0, 0.05) is 41.8 Å². The Bertz CT molecular complexity index is 735. The number of benzene rings is 1. The lowest BCUT2D eigenvalue weighted by Gasteiger charge is -2.12. The van der Waals surface area contributed by atoms with Crippen LogP contribution in [0.5, 0.6) is 0 Å². The highest BCUT2D eigenvalue weighted by molar-refractivity contribution is 6.31. The van der Waals surface area contributed by atoms with Crippen LogP contribution in [0, 0.1) is 0 Å². The van der Waals surface area contributed by atoms with Gasteiger partial charge >= 0.3 is 0 Å². The van der Waals surface area contributed by atoms with Crippen molar-refractivity contribution in [3.05, 3.63) is 71.3 Å². The third kappa shape index (κ3) is 4.43. The molecule has 0 fully saturated rings. The van der Waals surface area contributed by atoms with Gasteiger partial charge in [0.2, 0.25) is 0 Å². The Hall–Kier alpha value is -2.11. The molecule has 5 nitrogen and oxygen atoms in total. The maximum atomic E-state index is 6.19. The highest BCUT2D eigenvalue weighted by atomic mass is 35.5. The van der Waals surface area contributed by atoms with Gasteiger partial charge in [0.25, 0.3) is 0 Å². The molecule has 23 heavy (non-hydrogen) atoms. The minimum absolute atomic E-state index is 0.335. The van der Waals surface area contributed by atoms with E-state index in [1.54, 1.807) is 6.20 Å². The summed E-state index contributed by atoms with van der Waals surface area (Å²) in [6.07, 6.45) is 7.71. The predicted octanol–water partition coefficient (Wildman–Crippen LogP) is 2.96. The summed E-state index contributed by atoms with van der Waals surface area (Å²) < 4.78 is 3.84. The van der Waals surface area contributed by atoms with E-state index < -0.39 is 0 Å². The van der Waals surface area contributed by atoms with Crippen molar-refractivity contribution in [2.24, 2.45) is 0 Å². The summed E-state index contributed by atoms with van der Waals surface area (Å²) in [5.74, 6) is 0. The number of hydrogen-bond donors (Lipinski definition) is 1. The van der Waals surface area contributed by atoms with Gasteiger partial charge in [0.05, 0.1) is 19.3 Å². The average molecular weight is 330 g/mol. The van der Waals surface area contributed by atoms with Gasteiger partial charge < -0.3 is 5.32 Å². The summed E-state index contributed by atoms with van der Waals surface area (Å²) in [6, 6.07) is 10.1. The van der Waals surface area contributed by atoms with Gasteiger partial charge in [-0.15, -0.1) is 0 Å². The van der Waals surface area contributed by atoms with E-state index in [2.05, 4.69) is 28.6 Å². The Morgan fingerprint density at radius 3 is 2.83 bits per heavy atom. The normalized spacial score (nSPS) is 12.4. The quantitative estimate of drug-likeness (QED) is 0.725. The highest BCUT2D eigenvalue weighted by Gasteiger charge is 2.06. The van der Waals surface area contributed by atoms with E-state index in [1.165, 1.54) is 0 Å². The zero-order chi connectivity index (χ0) is 16.1. The molecule has 3 rings (SSSR count). The van der Waals surface area contributed by atoms with Crippen molar-refractivity contribution in [1.82, 2.24) is 24.9 Å². The van der Waals surface area contributed by atoms with Gasteiger partial charge in [-0.05, 0) is 24.6 Å². The number of nitrogens with one attached hydrogen (secondary N) is 1. The summed E-state index contributed by atoms with van der Waals surface area (Å²) in [5, 5.41) is 12.9. The molecule has 0 aliphatic rings. The Balaban J connectivity index is 1.52. The lowest BCUT2D eigenvalue weighted by atomic mass is 10.2. The molecule has 0 bridgehead atoms. The van der Waals surface area contributed by atoms with Crippen LogP contribution in [0.25, 0.3) is 0 Å². The molecule has 2 heterocycles. The standard InChI is InChI=1S/C17H20ClN5/c1-14(11-22-8-4-7-20-22)19-9-15-10-21-23(12-15)13-16-5-2-3-6-17(16)18/h2-8,10,12,14,19H,9,11,13H2,1H3/t14-/m1/s1. The summed E-state index contributed by atoms with van der Waals surface area (Å²) >= 11 is 6.19. The molecule has 0 aliphatic heterocycles. The molecule has 0 spiro atoms. The van der Waals surface area contributed by atoms with Gasteiger partial charge in [-0.1, -0.05) is 29.8 Å². The fraction of sp³-hybridized carbons (Fsp3) is 0.294. The van der Waals surface area contributed by atoms with Crippen LogP contribution in [-0.4, -0.2) is 25.6 Å². The number of rotatable bonds is 7. The maximum absolute atomic E-state index is 6.19. The van der Waals surface area contributed by atoms with E-state index in [4.69, 9.17) is 11.6 Å². The molecule has 3 aromatic rings. The van der Waals surface area contributed by atoms with Gasteiger partial charge in [-0.3, -0.25) is 9.36 Å². The van der Waals surface area contributed by atoms with Crippen molar-refractivity contribution in [3.63, 3.8) is 0 Å². The topological polar surface area (TPSA) is 47.7 Å². The third-order valence-corrected chi connectivity index (χ3v) is 4.02.